The Bertz CT molecular complexity index is 1210. The zero-order chi connectivity index (χ0) is 23.8. The second kappa shape index (κ2) is 11.0. The van der Waals surface area contributed by atoms with Crippen molar-refractivity contribution in [3.8, 4) is 5.75 Å². The maximum absolute atomic E-state index is 12.8. The minimum Gasteiger partial charge on any atom is -0.484 e. The minimum atomic E-state index is -3.65. The smallest absolute Gasteiger partial charge is 0.264 e. The number of hydrogen-bond acceptors (Lipinski definition) is 5. The molecule has 0 unspecified atom stereocenters. The maximum Gasteiger partial charge on any atom is 0.264 e. The van der Waals surface area contributed by atoms with Crippen LogP contribution in [-0.4, -0.2) is 37.4 Å². The Labute approximate surface area is 199 Å². The van der Waals surface area contributed by atoms with Crippen molar-refractivity contribution < 1.29 is 17.9 Å². The van der Waals surface area contributed by atoms with Crippen molar-refractivity contribution in [3.63, 3.8) is 0 Å². The fourth-order valence-electron chi connectivity index (χ4n) is 2.99. The third kappa shape index (κ3) is 7.11. The molecular weight excluding hydrogens is 458 g/mol. The van der Waals surface area contributed by atoms with E-state index in [1.165, 1.54) is 23.5 Å². The van der Waals surface area contributed by atoms with Gasteiger partial charge in [0.25, 0.3) is 5.91 Å². The second-order valence-electron chi connectivity index (χ2n) is 7.38. The van der Waals surface area contributed by atoms with E-state index in [1.54, 1.807) is 18.2 Å². The van der Waals surface area contributed by atoms with E-state index < -0.39 is 15.9 Å². The largest absolute Gasteiger partial charge is 0.484 e. The lowest BCUT2D eigenvalue weighted by molar-refractivity contribution is -0.121. The van der Waals surface area contributed by atoms with Crippen LogP contribution in [0.25, 0.3) is 0 Å². The summed E-state index contributed by atoms with van der Waals surface area (Å²) < 4.78 is 32.4. The van der Waals surface area contributed by atoms with E-state index in [0.29, 0.717) is 11.4 Å². The van der Waals surface area contributed by atoms with E-state index in [9.17, 15) is 13.2 Å². The number of carbonyl (C=O) groups is 1. The summed E-state index contributed by atoms with van der Waals surface area (Å²) in [5.74, 6) is 0.189. The Balaban J connectivity index is 1.52. The topological polar surface area (TPSA) is 87.7 Å². The average Bonchev–Trinajstić information content (AvgIpc) is 2.78. The highest BCUT2D eigenvalue weighted by Crippen LogP contribution is 2.19. The molecule has 0 saturated carbocycles. The zero-order valence-electron chi connectivity index (χ0n) is 18.3. The number of rotatable bonds is 8. The molecule has 3 aromatic carbocycles. The third-order valence-corrected chi connectivity index (χ3v) is 6.70. The highest BCUT2D eigenvalue weighted by atomic mass is 32.2. The summed E-state index contributed by atoms with van der Waals surface area (Å²) in [6.07, 6.45) is 0. The molecule has 0 radical (unpaired) electrons. The average molecular weight is 484 g/mol. The van der Waals surface area contributed by atoms with Gasteiger partial charge in [-0.3, -0.25) is 10.1 Å². The van der Waals surface area contributed by atoms with Crippen LogP contribution in [-0.2, 0) is 21.4 Å². The molecule has 0 atom stereocenters. The van der Waals surface area contributed by atoms with Gasteiger partial charge in [-0.05, 0) is 66.7 Å². The lowest BCUT2D eigenvalue weighted by Crippen LogP contribution is -2.37. The molecular formula is C24H25N3O4S2. The number of ether oxygens (including phenoxy) is 1. The number of nitrogens with one attached hydrogen (secondary N) is 2. The van der Waals surface area contributed by atoms with Crippen molar-refractivity contribution in [3.05, 3.63) is 90.0 Å². The molecule has 0 spiro atoms. The van der Waals surface area contributed by atoms with E-state index in [0.717, 1.165) is 11.1 Å². The highest BCUT2D eigenvalue weighted by molar-refractivity contribution is 7.89. The molecule has 1 amide bonds. The van der Waals surface area contributed by atoms with Crippen LogP contribution >= 0.6 is 12.2 Å². The van der Waals surface area contributed by atoms with Gasteiger partial charge < -0.3 is 10.1 Å². The Morgan fingerprint density at radius 1 is 1.00 bits per heavy atom. The van der Waals surface area contributed by atoms with Crippen LogP contribution in [0.2, 0.25) is 0 Å². The second-order valence-corrected chi connectivity index (χ2v) is 9.83. The summed E-state index contributed by atoms with van der Waals surface area (Å²) >= 11 is 5.16. The molecule has 2 N–H and O–H groups in total. The first-order valence-corrected chi connectivity index (χ1v) is 12.0. The number of amides is 1. The van der Waals surface area contributed by atoms with Gasteiger partial charge in [-0.2, -0.15) is 4.31 Å². The number of thiocarbonyl (C=S) groups is 1. The van der Waals surface area contributed by atoms with Gasteiger partial charge in [0.1, 0.15) is 5.75 Å². The van der Waals surface area contributed by atoms with Crippen molar-refractivity contribution in [1.82, 2.24) is 9.62 Å². The molecule has 0 bridgehead atoms. The van der Waals surface area contributed by atoms with Crippen molar-refractivity contribution in [2.24, 2.45) is 0 Å². The summed E-state index contributed by atoms with van der Waals surface area (Å²) in [6, 6.07) is 22.9. The summed E-state index contributed by atoms with van der Waals surface area (Å²) in [5, 5.41) is 5.48. The highest BCUT2D eigenvalue weighted by Gasteiger charge is 2.20. The fraction of sp³-hybridized carbons (Fsp3) is 0.167. The lowest BCUT2D eigenvalue weighted by Gasteiger charge is -2.17. The van der Waals surface area contributed by atoms with Gasteiger partial charge in [-0.25, -0.2) is 8.42 Å². The van der Waals surface area contributed by atoms with Gasteiger partial charge in [0, 0.05) is 19.3 Å². The SMILES string of the molecule is Cc1cccc(OCC(=O)NC(=S)Nc2ccc(S(=O)(=O)N(C)Cc3ccccc3)cc2)c1. The summed E-state index contributed by atoms with van der Waals surface area (Å²) in [4.78, 5) is 12.2. The first-order valence-electron chi connectivity index (χ1n) is 10.1. The maximum atomic E-state index is 12.8. The molecule has 0 aliphatic carbocycles. The van der Waals surface area contributed by atoms with E-state index >= 15 is 0 Å². The number of hydrogen-bond donors (Lipinski definition) is 2. The number of aryl methyl sites for hydroxylation is 1. The van der Waals surface area contributed by atoms with Crippen molar-refractivity contribution in [1.29, 1.82) is 0 Å². The Hall–Kier alpha value is -3.27. The van der Waals surface area contributed by atoms with Crippen LogP contribution in [0.1, 0.15) is 11.1 Å². The number of anilines is 1. The van der Waals surface area contributed by atoms with Crippen LogP contribution < -0.4 is 15.4 Å². The molecule has 0 fully saturated rings. The van der Waals surface area contributed by atoms with Gasteiger partial charge in [0.05, 0.1) is 4.90 Å². The van der Waals surface area contributed by atoms with Crippen molar-refractivity contribution in [2.75, 3.05) is 19.0 Å². The summed E-state index contributed by atoms with van der Waals surface area (Å²) in [5.41, 5.74) is 2.47. The fourth-order valence-corrected chi connectivity index (χ4v) is 4.39. The Kier molecular flexibility index (Phi) is 8.16. The van der Waals surface area contributed by atoms with Crippen LogP contribution in [0.4, 0.5) is 5.69 Å². The molecule has 0 aliphatic heterocycles. The van der Waals surface area contributed by atoms with Gasteiger partial charge in [-0.15, -0.1) is 0 Å². The van der Waals surface area contributed by atoms with Crippen LogP contribution in [0, 0.1) is 6.92 Å². The number of benzene rings is 3. The number of nitrogens with zero attached hydrogens (tertiary/aromatic N) is 1. The molecule has 0 aromatic heterocycles. The molecule has 33 heavy (non-hydrogen) atoms. The van der Waals surface area contributed by atoms with Gasteiger partial charge in [-0.1, -0.05) is 42.5 Å². The van der Waals surface area contributed by atoms with Gasteiger partial charge in [0.15, 0.2) is 11.7 Å². The molecule has 0 aliphatic rings. The molecule has 0 heterocycles. The molecule has 3 rings (SSSR count). The molecule has 3 aromatic rings. The van der Waals surface area contributed by atoms with Crippen LogP contribution in [0.3, 0.4) is 0 Å². The Morgan fingerprint density at radius 2 is 1.70 bits per heavy atom. The third-order valence-electron chi connectivity index (χ3n) is 4.68. The summed E-state index contributed by atoms with van der Waals surface area (Å²) in [7, 11) is -2.11. The molecule has 0 saturated heterocycles. The van der Waals surface area contributed by atoms with Crippen LogP contribution in [0.15, 0.2) is 83.8 Å². The molecule has 172 valence electrons. The van der Waals surface area contributed by atoms with Crippen molar-refractivity contribution in [2.45, 2.75) is 18.4 Å². The van der Waals surface area contributed by atoms with E-state index in [4.69, 9.17) is 17.0 Å². The number of sulfonamides is 1. The molecule has 9 heteroatoms. The predicted octanol–water partition coefficient (Wildman–Crippen LogP) is 3.71. The van der Waals surface area contributed by atoms with E-state index in [1.807, 2.05) is 55.5 Å². The standard InChI is InChI=1S/C24H25N3O4S2/c1-18-7-6-10-21(15-18)31-17-23(28)26-24(32)25-20-11-13-22(14-12-20)33(29,30)27(2)16-19-8-4-3-5-9-19/h3-15H,16-17H2,1-2H3,(H2,25,26,28,32). The number of carbonyl (C=O) groups excluding carboxylic acids is 1. The predicted molar refractivity (Wildman–Crippen MR) is 133 cm³/mol. The van der Waals surface area contributed by atoms with E-state index in [-0.39, 0.29) is 23.2 Å². The quantitative estimate of drug-likeness (QED) is 0.475. The normalized spacial score (nSPS) is 11.1. The van der Waals surface area contributed by atoms with Crippen LogP contribution in [0.5, 0.6) is 5.75 Å². The molecule has 7 nitrogen and oxygen atoms in total. The first kappa shape index (κ1) is 24.4. The minimum absolute atomic E-state index is 0.0876. The van der Waals surface area contributed by atoms with E-state index in [2.05, 4.69) is 10.6 Å². The Morgan fingerprint density at radius 3 is 2.36 bits per heavy atom. The van der Waals surface area contributed by atoms with Crippen molar-refractivity contribution >= 4 is 38.9 Å². The summed E-state index contributed by atoms with van der Waals surface area (Å²) in [6.45, 7) is 2.02. The lowest BCUT2D eigenvalue weighted by atomic mass is 10.2. The van der Waals surface area contributed by atoms with Gasteiger partial charge >= 0.3 is 0 Å². The zero-order valence-corrected chi connectivity index (χ0v) is 19.9. The van der Waals surface area contributed by atoms with Gasteiger partial charge in [0.2, 0.25) is 10.0 Å². The monoisotopic (exact) mass is 483 g/mol. The first-order chi connectivity index (χ1) is 15.7.